The molecule has 1 amide bonds. The van der Waals surface area contributed by atoms with Gasteiger partial charge in [0.15, 0.2) is 0 Å². The standard InChI is InChI=1S/C19H18F3N5O4/c1-11(10-28)24-17(29)15-7-16(12-3-5-14(6-4-12)31-19(20,21)22)25-27(18(15)30)13-8-23-26(2)9-13/h3-9,11,28H,10H2,1-2H3,(H,24,29)/t11-/m0/s1. The number of aromatic nitrogens is 4. The molecule has 164 valence electrons. The van der Waals surface area contributed by atoms with E-state index in [-0.39, 0.29) is 23.6 Å². The van der Waals surface area contributed by atoms with Crippen LogP contribution in [0.5, 0.6) is 5.75 Å². The van der Waals surface area contributed by atoms with E-state index in [1.807, 2.05) is 0 Å². The van der Waals surface area contributed by atoms with Crippen molar-refractivity contribution in [3.05, 3.63) is 58.6 Å². The van der Waals surface area contributed by atoms with Crippen LogP contribution in [0.2, 0.25) is 0 Å². The molecule has 1 aromatic carbocycles. The highest BCUT2D eigenvalue weighted by atomic mass is 19.4. The number of alkyl halides is 3. The minimum absolute atomic E-state index is 0.156. The fourth-order valence-corrected chi connectivity index (χ4v) is 2.67. The first-order valence-corrected chi connectivity index (χ1v) is 8.98. The molecule has 3 aromatic rings. The topological polar surface area (TPSA) is 111 Å². The molecule has 3 rings (SSSR count). The first-order valence-electron chi connectivity index (χ1n) is 8.98. The van der Waals surface area contributed by atoms with Crippen LogP contribution >= 0.6 is 0 Å². The van der Waals surface area contributed by atoms with Gasteiger partial charge in [-0.05, 0) is 37.3 Å². The van der Waals surface area contributed by atoms with Gasteiger partial charge in [0.25, 0.3) is 11.5 Å². The number of nitrogens with zero attached hydrogens (tertiary/aromatic N) is 4. The molecule has 0 radical (unpaired) electrons. The smallest absolute Gasteiger partial charge is 0.406 e. The molecule has 2 aromatic heterocycles. The van der Waals surface area contributed by atoms with E-state index in [9.17, 15) is 22.8 Å². The Kier molecular flexibility index (Phi) is 6.11. The zero-order valence-electron chi connectivity index (χ0n) is 16.4. The Bertz CT molecular complexity index is 1140. The summed E-state index contributed by atoms with van der Waals surface area (Å²) < 4.78 is 43.4. The lowest BCUT2D eigenvalue weighted by molar-refractivity contribution is -0.274. The number of aliphatic hydroxyl groups excluding tert-OH is 1. The molecule has 0 bridgehead atoms. The summed E-state index contributed by atoms with van der Waals surface area (Å²) in [6.45, 7) is 1.22. The van der Waals surface area contributed by atoms with E-state index in [0.29, 0.717) is 5.56 Å². The van der Waals surface area contributed by atoms with Gasteiger partial charge in [-0.3, -0.25) is 14.3 Å². The maximum absolute atomic E-state index is 12.9. The SMILES string of the molecule is C[C@@H](CO)NC(=O)c1cc(-c2ccc(OC(F)(F)F)cc2)nn(-c2cnn(C)c2)c1=O. The second-order valence-corrected chi connectivity index (χ2v) is 6.66. The minimum atomic E-state index is -4.83. The number of carbonyl (C=O) groups excluding carboxylic acids is 1. The van der Waals surface area contributed by atoms with Gasteiger partial charge in [0, 0.05) is 18.7 Å². The van der Waals surface area contributed by atoms with Crippen LogP contribution in [0.1, 0.15) is 17.3 Å². The van der Waals surface area contributed by atoms with Gasteiger partial charge in [0.2, 0.25) is 0 Å². The molecule has 0 aliphatic rings. The number of aliphatic hydroxyl groups is 1. The molecule has 12 heteroatoms. The second-order valence-electron chi connectivity index (χ2n) is 6.66. The zero-order valence-corrected chi connectivity index (χ0v) is 16.4. The molecule has 2 N–H and O–H groups in total. The molecule has 2 heterocycles. The highest BCUT2D eigenvalue weighted by molar-refractivity contribution is 5.95. The van der Waals surface area contributed by atoms with Crippen LogP contribution in [0.4, 0.5) is 13.2 Å². The minimum Gasteiger partial charge on any atom is -0.406 e. The predicted octanol–water partition coefficient (Wildman–Crippen LogP) is 1.64. The Labute approximate surface area is 173 Å². The maximum Gasteiger partial charge on any atom is 0.573 e. The molecule has 0 saturated carbocycles. The Balaban J connectivity index is 2.08. The summed E-state index contributed by atoms with van der Waals surface area (Å²) in [5.41, 5.74) is -0.197. The molecule has 0 aliphatic heterocycles. The summed E-state index contributed by atoms with van der Waals surface area (Å²) >= 11 is 0. The third-order valence-corrected chi connectivity index (χ3v) is 4.13. The van der Waals surface area contributed by atoms with Crippen LogP contribution in [0.15, 0.2) is 47.5 Å². The Hall–Kier alpha value is -3.67. The summed E-state index contributed by atoms with van der Waals surface area (Å²) in [6.07, 6.45) is -1.95. The van der Waals surface area contributed by atoms with Crippen molar-refractivity contribution in [3.63, 3.8) is 0 Å². The Morgan fingerprint density at radius 3 is 2.52 bits per heavy atom. The van der Waals surface area contributed by atoms with E-state index < -0.39 is 29.6 Å². The van der Waals surface area contributed by atoms with E-state index >= 15 is 0 Å². The van der Waals surface area contributed by atoms with Crippen LogP contribution in [-0.4, -0.2) is 49.6 Å². The fourth-order valence-electron chi connectivity index (χ4n) is 2.67. The quantitative estimate of drug-likeness (QED) is 0.607. The molecule has 0 fully saturated rings. The zero-order chi connectivity index (χ0) is 22.8. The Morgan fingerprint density at radius 1 is 1.29 bits per heavy atom. The number of hydrogen-bond donors (Lipinski definition) is 2. The lowest BCUT2D eigenvalue weighted by atomic mass is 10.1. The van der Waals surface area contributed by atoms with Crippen molar-refractivity contribution in [2.45, 2.75) is 19.3 Å². The number of nitrogens with one attached hydrogen (secondary N) is 1. The van der Waals surface area contributed by atoms with Crippen LogP contribution in [-0.2, 0) is 7.05 Å². The molecule has 1 atom stereocenters. The van der Waals surface area contributed by atoms with Gasteiger partial charge in [-0.1, -0.05) is 0 Å². The first-order chi connectivity index (χ1) is 14.6. The third kappa shape index (κ3) is 5.28. The summed E-state index contributed by atoms with van der Waals surface area (Å²) in [6, 6.07) is 5.46. The van der Waals surface area contributed by atoms with Crippen LogP contribution in [0.3, 0.4) is 0 Å². The number of aryl methyl sites for hydroxylation is 1. The van der Waals surface area contributed by atoms with Gasteiger partial charge < -0.3 is 15.2 Å². The van der Waals surface area contributed by atoms with Crippen LogP contribution in [0, 0.1) is 0 Å². The number of ether oxygens (including phenoxy) is 1. The molecule has 0 unspecified atom stereocenters. The number of rotatable bonds is 6. The van der Waals surface area contributed by atoms with Crippen molar-refractivity contribution in [3.8, 4) is 22.7 Å². The fraction of sp³-hybridized carbons (Fsp3) is 0.263. The van der Waals surface area contributed by atoms with Crippen molar-refractivity contribution in [1.82, 2.24) is 24.9 Å². The molecule has 0 aliphatic carbocycles. The molecule has 9 nitrogen and oxygen atoms in total. The number of halogens is 3. The van der Waals surface area contributed by atoms with E-state index in [1.165, 1.54) is 35.3 Å². The highest BCUT2D eigenvalue weighted by Crippen LogP contribution is 2.26. The van der Waals surface area contributed by atoms with E-state index in [1.54, 1.807) is 14.0 Å². The van der Waals surface area contributed by atoms with Crippen LogP contribution in [0.25, 0.3) is 16.9 Å². The normalized spacial score (nSPS) is 12.5. The number of hydrogen-bond acceptors (Lipinski definition) is 6. The van der Waals surface area contributed by atoms with Crippen molar-refractivity contribution in [1.29, 1.82) is 0 Å². The highest BCUT2D eigenvalue weighted by Gasteiger charge is 2.31. The van der Waals surface area contributed by atoms with Gasteiger partial charge in [-0.25, -0.2) is 0 Å². The van der Waals surface area contributed by atoms with Crippen molar-refractivity contribution < 1.29 is 27.8 Å². The maximum atomic E-state index is 12.9. The Morgan fingerprint density at radius 2 is 1.97 bits per heavy atom. The number of benzene rings is 1. The van der Waals surface area contributed by atoms with Gasteiger partial charge >= 0.3 is 6.36 Å². The molecule has 0 spiro atoms. The van der Waals surface area contributed by atoms with E-state index in [4.69, 9.17) is 5.11 Å². The van der Waals surface area contributed by atoms with Crippen molar-refractivity contribution >= 4 is 5.91 Å². The van der Waals surface area contributed by atoms with E-state index in [0.717, 1.165) is 16.8 Å². The molecule has 0 saturated heterocycles. The largest absolute Gasteiger partial charge is 0.573 e. The predicted molar refractivity (Wildman–Crippen MR) is 103 cm³/mol. The monoisotopic (exact) mass is 437 g/mol. The van der Waals surface area contributed by atoms with E-state index in [2.05, 4.69) is 20.3 Å². The molecular weight excluding hydrogens is 419 g/mol. The summed E-state index contributed by atoms with van der Waals surface area (Å²) in [4.78, 5) is 25.5. The van der Waals surface area contributed by atoms with Gasteiger partial charge in [0.05, 0.1) is 24.7 Å². The average molecular weight is 437 g/mol. The summed E-state index contributed by atoms with van der Waals surface area (Å²) in [5, 5.41) is 19.9. The first kappa shape index (κ1) is 22.0. The molecular formula is C19H18F3N5O4. The van der Waals surface area contributed by atoms with Crippen molar-refractivity contribution in [2.24, 2.45) is 7.05 Å². The third-order valence-electron chi connectivity index (χ3n) is 4.13. The van der Waals surface area contributed by atoms with Crippen molar-refractivity contribution in [2.75, 3.05) is 6.61 Å². The lowest BCUT2D eigenvalue weighted by Gasteiger charge is -2.13. The summed E-state index contributed by atoms with van der Waals surface area (Å²) in [7, 11) is 1.63. The average Bonchev–Trinajstić information content (AvgIpc) is 3.13. The van der Waals surface area contributed by atoms with Gasteiger partial charge in [0.1, 0.15) is 17.0 Å². The number of amides is 1. The van der Waals surface area contributed by atoms with Gasteiger partial charge in [-0.15, -0.1) is 13.2 Å². The lowest BCUT2D eigenvalue weighted by Crippen LogP contribution is -2.39. The second kappa shape index (κ2) is 8.60. The number of carbonyl (C=O) groups is 1. The van der Waals surface area contributed by atoms with Crippen LogP contribution < -0.4 is 15.6 Å². The summed E-state index contributed by atoms with van der Waals surface area (Å²) in [5.74, 6) is -1.16. The molecule has 31 heavy (non-hydrogen) atoms. The van der Waals surface area contributed by atoms with Gasteiger partial charge in [-0.2, -0.15) is 14.9 Å².